The van der Waals surface area contributed by atoms with E-state index in [9.17, 15) is 9.59 Å². The van der Waals surface area contributed by atoms with Crippen molar-refractivity contribution >= 4 is 23.3 Å². The summed E-state index contributed by atoms with van der Waals surface area (Å²) in [5, 5.41) is 11.5. The molecule has 0 spiro atoms. The van der Waals surface area contributed by atoms with Crippen LogP contribution in [0.2, 0.25) is 0 Å². The Bertz CT molecular complexity index is 885. The lowest BCUT2D eigenvalue weighted by molar-refractivity contribution is -0.133. The fourth-order valence-corrected chi connectivity index (χ4v) is 5.15. The van der Waals surface area contributed by atoms with E-state index in [1.807, 2.05) is 28.4 Å². The zero-order valence-corrected chi connectivity index (χ0v) is 18.2. The van der Waals surface area contributed by atoms with Crippen molar-refractivity contribution in [1.29, 1.82) is 0 Å². The average Bonchev–Trinajstić information content (AvgIpc) is 3.40. The molecule has 0 saturated carbocycles. The molecule has 0 aromatic carbocycles. The number of urea groups is 1. The molecule has 3 amide bonds. The summed E-state index contributed by atoms with van der Waals surface area (Å²) in [6.45, 7) is 10.0. The Morgan fingerprint density at radius 3 is 2.66 bits per heavy atom. The molecule has 2 saturated heterocycles. The lowest BCUT2D eigenvalue weighted by Crippen LogP contribution is -2.53. The van der Waals surface area contributed by atoms with Crippen LogP contribution in [0, 0.1) is 12.8 Å². The summed E-state index contributed by atoms with van der Waals surface area (Å²) in [6, 6.07) is 1.69. The normalized spacial score (nSPS) is 23.8. The number of amides is 3. The number of thiophene rings is 1. The largest absolute Gasteiger partial charge is 0.325 e. The molecule has 156 valence electrons. The molecule has 0 radical (unpaired) electrons. The molecule has 4 heterocycles. The molecule has 1 N–H and O–H groups in total. The molecule has 0 bridgehead atoms. The van der Waals surface area contributed by atoms with Crippen LogP contribution in [0.4, 0.5) is 4.79 Å². The van der Waals surface area contributed by atoms with Gasteiger partial charge >= 0.3 is 6.03 Å². The third-order valence-corrected chi connectivity index (χ3v) is 7.12. The summed E-state index contributed by atoms with van der Waals surface area (Å²) in [5.41, 5.74) is 2.55. The van der Waals surface area contributed by atoms with Gasteiger partial charge in [-0.2, -0.15) is 16.4 Å². The molecular formula is C21H29N5O2S. The van der Waals surface area contributed by atoms with Gasteiger partial charge in [-0.3, -0.25) is 19.3 Å². The van der Waals surface area contributed by atoms with Crippen LogP contribution in [0.1, 0.15) is 43.5 Å². The van der Waals surface area contributed by atoms with E-state index < -0.39 is 5.54 Å². The number of carbonyl (C=O) groups is 2. The zero-order chi connectivity index (χ0) is 20.6. The number of rotatable bonds is 6. The number of imide groups is 1. The van der Waals surface area contributed by atoms with E-state index in [0.29, 0.717) is 6.54 Å². The number of likely N-dealkylation sites (tertiary alicyclic amines) is 1. The van der Waals surface area contributed by atoms with Crippen LogP contribution in [0.15, 0.2) is 23.0 Å². The van der Waals surface area contributed by atoms with Crippen molar-refractivity contribution in [2.45, 2.75) is 58.8 Å². The Morgan fingerprint density at radius 1 is 1.28 bits per heavy atom. The van der Waals surface area contributed by atoms with E-state index in [4.69, 9.17) is 0 Å². The summed E-state index contributed by atoms with van der Waals surface area (Å²) in [4.78, 5) is 29.5. The number of aromatic nitrogens is 2. The number of hydrogen-bond donors (Lipinski definition) is 1. The fourth-order valence-electron chi connectivity index (χ4n) is 4.49. The number of nitrogens with one attached hydrogen (secondary N) is 1. The molecule has 1 atom stereocenters. The van der Waals surface area contributed by atoms with Crippen LogP contribution in [0.3, 0.4) is 0 Å². The Labute approximate surface area is 175 Å². The SMILES string of the molecule is CCn1cc(CN2CCC(C3(C)NC(=O)N(Cc4ccsc4)C3=O)CC2)c(C)n1. The Morgan fingerprint density at radius 2 is 2.03 bits per heavy atom. The molecule has 2 aliphatic heterocycles. The lowest BCUT2D eigenvalue weighted by atomic mass is 9.79. The van der Waals surface area contributed by atoms with Gasteiger partial charge in [0.05, 0.1) is 12.2 Å². The molecule has 2 aliphatic rings. The van der Waals surface area contributed by atoms with Crippen molar-refractivity contribution < 1.29 is 9.59 Å². The van der Waals surface area contributed by atoms with Gasteiger partial charge in [0.15, 0.2) is 0 Å². The Hall–Kier alpha value is -2.19. The number of carbonyl (C=O) groups excluding carboxylic acids is 2. The highest BCUT2D eigenvalue weighted by Gasteiger charge is 2.52. The molecular weight excluding hydrogens is 386 g/mol. The van der Waals surface area contributed by atoms with Gasteiger partial charge in [0.1, 0.15) is 5.54 Å². The number of nitrogens with zero attached hydrogens (tertiary/aromatic N) is 4. The molecule has 29 heavy (non-hydrogen) atoms. The average molecular weight is 416 g/mol. The third kappa shape index (κ3) is 3.83. The molecule has 2 aromatic heterocycles. The van der Waals surface area contributed by atoms with Gasteiger partial charge < -0.3 is 5.32 Å². The lowest BCUT2D eigenvalue weighted by Gasteiger charge is -2.38. The molecule has 2 fully saturated rings. The maximum atomic E-state index is 13.1. The van der Waals surface area contributed by atoms with Crippen molar-refractivity contribution in [1.82, 2.24) is 24.9 Å². The van der Waals surface area contributed by atoms with Crippen LogP contribution in [0.25, 0.3) is 0 Å². The Kier molecular flexibility index (Phi) is 5.48. The summed E-state index contributed by atoms with van der Waals surface area (Å²) < 4.78 is 1.98. The molecule has 8 heteroatoms. The predicted molar refractivity (Wildman–Crippen MR) is 112 cm³/mol. The van der Waals surface area contributed by atoms with Crippen molar-refractivity contribution in [3.8, 4) is 0 Å². The molecule has 2 aromatic rings. The van der Waals surface area contributed by atoms with Crippen LogP contribution in [-0.2, 0) is 24.4 Å². The maximum Gasteiger partial charge on any atom is 0.325 e. The first-order valence-electron chi connectivity index (χ1n) is 10.3. The monoisotopic (exact) mass is 415 g/mol. The summed E-state index contributed by atoms with van der Waals surface area (Å²) in [7, 11) is 0. The second-order valence-corrected chi connectivity index (χ2v) is 9.08. The first-order valence-corrected chi connectivity index (χ1v) is 11.3. The van der Waals surface area contributed by atoms with E-state index in [2.05, 4.69) is 35.4 Å². The molecule has 0 aliphatic carbocycles. The van der Waals surface area contributed by atoms with Gasteiger partial charge in [-0.25, -0.2) is 4.79 Å². The van der Waals surface area contributed by atoms with Crippen molar-refractivity contribution in [3.05, 3.63) is 39.8 Å². The molecule has 4 rings (SSSR count). The van der Waals surface area contributed by atoms with Gasteiger partial charge in [0.2, 0.25) is 0 Å². The van der Waals surface area contributed by atoms with Crippen LogP contribution in [-0.4, -0.2) is 50.1 Å². The number of aryl methyl sites for hydroxylation is 2. The van der Waals surface area contributed by atoms with Crippen molar-refractivity contribution in [3.63, 3.8) is 0 Å². The standard InChI is InChI=1S/C21H29N5O2S/c1-4-25-13-17(15(2)23-25)12-24-8-5-18(6-9-24)21(3)19(27)26(20(28)22-21)11-16-7-10-29-14-16/h7,10,13-14,18H,4-6,8-9,11-12H2,1-3H3,(H,22,28). The topological polar surface area (TPSA) is 70.5 Å². The highest BCUT2D eigenvalue weighted by atomic mass is 32.1. The zero-order valence-electron chi connectivity index (χ0n) is 17.4. The highest BCUT2D eigenvalue weighted by molar-refractivity contribution is 7.07. The van der Waals surface area contributed by atoms with Gasteiger partial charge in [0, 0.05) is 24.8 Å². The molecule has 1 unspecified atom stereocenters. The smallest absolute Gasteiger partial charge is 0.323 e. The summed E-state index contributed by atoms with van der Waals surface area (Å²) in [5.74, 6) is 0.0642. The highest BCUT2D eigenvalue weighted by Crippen LogP contribution is 2.34. The number of hydrogen-bond acceptors (Lipinski definition) is 5. The van der Waals surface area contributed by atoms with E-state index in [1.165, 1.54) is 10.5 Å². The minimum Gasteiger partial charge on any atom is -0.323 e. The van der Waals surface area contributed by atoms with Gasteiger partial charge in [-0.1, -0.05) is 0 Å². The second-order valence-electron chi connectivity index (χ2n) is 8.30. The van der Waals surface area contributed by atoms with E-state index in [1.54, 1.807) is 11.3 Å². The van der Waals surface area contributed by atoms with Gasteiger partial charge in [-0.05, 0) is 75.0 Å². The minimum atomic E-state index is -0.803. The van der Waals surface area contributed by atoms with E-state index in [0.717, 1.165) is 50.3 Å². The first kappa shape index (κ1) is 20.1. The third-order valence-electron chi connectivity index (χ3n) is 6.39. The van der Waals surface area contributed by atoms with Crippen LogP contribution < -0.4 is 5.32 Å². The Balaban J connectivity index is 1.38. The van der Waals surface area contributed by atoms with Gasteiger partial charge in [0.25, 0.3) is 5.91 Å². The first-order chi connectivity index (χ1) is 13.9. The minimum absolute atomic E-state index is 0.0905. The maximum absolute atomic E-state index is 13.1. The van der Waals surface area contributed by atoms with Crippen molar-refractivity contribution in [2.24, 2.45) is 5.92 Å². The predicted octanol–water partition coefficient (Wildman–Crippen LogP) is 3.00. The van der Waals surface area contributed by atoms with Crippen LogP contribution in [0.5, 0.6) is 0 Å². The summed E-state index contributed by atoms with van der Waals surface area (Å²) in [6.07, 6.45) is 3.93. The van der Waals surface area contributed by atoms with Crippen molar-refractivity contribution in [2.75, 3.05) is 13.1 Å². The van der Waals surface area contributed by atoms with E-state index in [-0.39, 0.29) is 17.9 Å². The molecule has 7 nitrogen and oxygen atoms in total. The van der Waals surface area contributed by atoms with Crippen LogP contribution >= 0.6 is 11.3 Å². The number of piperidine rings is 1. The van der Waals surface area contributed by atoms with E-state index >= 15 is 0 Å². The van der Waals surface area contributed by atoms with Gasteiger partial charge in [-0.15, -0.1) is 0 Å². The summed E-state index contributed by atoms with van der Waals surface area (Å²) >= 11 is 1.58. The second kappa shape index (κ2) is 7.91. The quantitative estimate of drug-likeness (QED) is 0.737. The fraction of sp³-hybridized carbons (Fsp3) is 0.571.